The van der Waals surface area contributed by atoms with Crippen molar-refractivity contribution in [2.24, 2.45) is 0 Å². The lowest BCUT2D eigenvalue weighted by Crippen LogP contribution is -2.44. The molecule has 1 N–H and O–H groups in total. The Kier molecular flexibility index (Phi) is 6.13. The van der Waals surface area contributed by atoms with E-state index in [0.29, 0.717) is 12.8 Å². The van der Waals surface area contributed by atoms with Gasteiger partial charge in [0, 0.05) is 11.8 Å². The number of carbonyl (C=O) groups excluding carboxylic acids is 2. The van der Waals surface area contributed by atoms with Crippen molar-refractivity contribution in [3.05, 3.63) is 12.7 Å². The molecule has 102 valence electrons. The van der Waals surface area contributed by atoms with E-state index in [-0.39, 0.29) is 25.0 Å². The summed E-state index contributed by atoms with van der Waals surface area (Å²) in [4.78, 5) is 23.8. The fourth-order valence-electron chi connectivity index (χ4n) is 2.33. The maximum atomic E-state index is 12.1. The predicted octanol–water partition coefficient (Wildman–Crippen LogP) is 1.33. The van der Waals surface area contributed by atoms with E-state index in [0.717, 1.165) is 12.7 Å². The van der Waals surface area contributed by atoms with Crippen LogP contribution in [0, 0.1) is 11.2 Å². The van der Waals surface area contributed by atoms with Crippen LogP contribution in [0.2, 0.25) is 12.1 Å². The third-order valence-corrected chi connectivity index (χ3v) is 3.31. The molecular formula is C13H19BN2O3. The third kappa shape index (κ3) is 4.13. The van der Waals surface area contributed by atoms with E-state index in [4.69, 9.17) is 10.00 Å². The average molecular weight is 262 g/mol. The summed E-state index contributed by atoms with van der Waals surface area (Å²) in [5.41, 5.74) is 0. The Labute approximate surface area is 114 Å². The molecule has 5 nitrogen and oxygen atoms in total. The topological polar surface area (TPSA) is 79.2 Å². The SMILES string of the molecule is C=CCC(NC(=O)C1CCCB1C#N)C(=O)OCC. The number of ether oxygens (including phenoxy) is 1. The van der Waals surface area contributed by atoms with Gasteiger partial charge in [0.25, 0.3) is 6.71 Å². The first-order chi connectivity index (χ1) is 9.13. The summed E-state index contributed by atoms with van der Waals surface area (Å²) in [7, 11) is 0. The number of rotatable bonds is 6. The summed E-state index contributed by atoms with van der Waals surface area (Å²) in [5.74, 6) is 1.16. The molecule has 1 fully saturated rings. The lowest BCUT2D eigenvalue weighted by molar-refractivity contribution is -0.147. The van der Waals surface area contributed by atoms with Crippen molar-refractivity contribution in [2.75, 3.05) is 6.61 Å². The first-order valence-corrected chi connectivity index (χ1v) is 6.61. The number of esters is 1. The second-order valence-electron chi connectivity index (χ2n) is 4.61. The van der Waals surface area contributed by atoms with Crippen LogP contribution in [0.5, 0.6) is 0 Å². The molecule has 1 heterocycles. The van der Waals surface area contributed by atoms with Gasteiger partial charge in [0.2, 0.25) is 5.91 Å². The molecule has 6 heteroatoms. The minimum Gasteiger partial charge on any atom is -0.464 e. The highest BCUT2D eigenvalue weighted by atomic mass is 16.5. The molecule has 1 aliphatic heterocycles. The van der Waals surface area contributed by atoms with E-state index in [1.54, 1.807) is 13.0 Å². The molecule has 2 atom stereocenters. The van der Waals surface area contributed by atoms with Gasteiger partial charge in [-0.3, -0.25) is 4.79 Å². The maximum Gasteiger partial charge on any atom is 0.328 e. The predicted molar refractivity (Wildman–Crippen MR) is 72.5 cm³/mol. The van der Waals surface area contributed by atoms with Crippen LogP contribution in [0.3, 0.4) is 0 Å². The molecule has 0 bridgehead atoms. The van der Waals surface area contributed by atoms with Crippen LogP contribution in [-0.2, 0) is 14.3 Å². The van der Waals surface area contributed by atoms with Gasteiger partial charge >= 0.3 is 5.97 Å². The molecule has 1 rings (SSSR count). The first kappa shape index (κ1) is 15.3. The molecule has 0 spiro atoms. The Morgan fingerprint density at radius 3 is 3.00 bits per heavy atom. The Bertz CT molecular complexity index is 392. The van der Waals surface area contributed by atoms with Crippen LogP contribution in [0.4, 0.5) is 0 Å². The molecule has 1 amide bonds. The fourth-order valence-corrected chi connectivity index (χ4v) is 2.33. The van der Waals surface area contributed by atoms with Crippen molar-refractivity contribution in [3.63, 3.8) is 0 Å². The number of hydrogen-bond acceptors (Lipinski definition) is 4. The third-order valence-electron chi connectivity index (χ3n) is 3.31. The van der Waals surface area contributed by atoms with E-state index in [9.17, 15) is 9.59 Å². The highest BCUT2D eigenvalue weighted by Gasteiger charge is 2.38. The Morgan fingerprint density at radius 1 is 1.68 bits per heavy atom. The molecule has 1 aliphatic rings. The summed E-state index contributed by atoms with van der Waals surface area (Å²) in [5, 5.41) is 11.7. The highest BCUT2D eigenvalue weighted by Crippen LogP contribution is 2.30. The molecule has 0 aromatic heterocycles. The summed E-state index contributed by atoms with van der Waals surface area (Å²) in [6, 6.07) is -0.704. The van der Waals surface area contributed by atoms with Crippen molar-refractivity contribution >= 4 is 18.6 Å². The number of nitrogens with one attached hydrogen (secondary N) is 1. The van der Waals surface area contributed by atoms with Crippen molar-refractivity contribution < 1.29 is 14.3 Å². The van der Waals surface area contributed by atoms with E-state index in [1.165, 1.54) is 0 Å². The van der Waals surface area contributed by atoms with Gasteiger partial charge in [-0.1, -0.05) is 18.8 Å². The molecular weight excluding hydrogens is 243 g/mol. The van der Waals surface area contributed by atoms with Crippen LogP contribution >= 0.6 is 0 Å². The van der Waals surface area contributed by atoms with Gasteiger partial charge in [0.15, 0.2) is 0 Å². The average Bonchev–Trinajstić information content (AvgIpc) is 2.86. The van der Waals surface area contributed by atoms with Crippen molar-refractivity contribution in [1.82, 2.24) is 5.32 Å². The van der Waals surface area contributed by atoms with Crippen molar-refractivity contribution in [3.8, 4) is 5.97 Å². The standard InChI is InChI=1S/C13H19BN2O3/c1-3-6-11(13(18)19-4-2)16-12(17)10-7-5-8-14(10)9-15/h3,10-11H,1,4-8H2,2H3,(H,16,17). The van der Waals surface area contributed by atoms with Gasteiger partial charge < -0.3 is 10.1 Å². The van der Waals surface area contributed by atoms with Crippen LogP contribution in [-0.4, -0.2) is 31.2 Å². The first-order valence-electron chi connectivity index (χ1n) is 6.61. The molecule has 0 radical (unpaired) electrons. The molecule has 0 aliphatic carbocycles. The minimum atomic E-state index is -0.704. The van der Waals surface area contributed by atoms with E-state index in [2.05, 4.69) is 17.9 Å². The molecule has 0 aromatic rings. The summed E-state index contributed by atoms with van der Waals surface area (Å²) >= 11 is 0. The summed E-state index contributed by atoms with van der Waals surface area (Å²) in [6.45, 7) is 5.31. The van der Waals surface area contributed by atoms with Gasteiger partial charge in [-0.05, 0) is 19.8 Å². The number of carbonyl (C=O) groups is 2. The largest absolute Gasteiger partial charge is 0.464 e. The van der Waals surface area contributed by atoms with Crippen LogP contribution in [0.25, 0.3) is 0 Å². The quantitative estimate of drug-likeness (QED) is 0.445. The number of hydrogen-bond donors (Lipinski definition) is 1. The zero-order valence-electron chi connectivity index (χ0n) is 11.2. The van der Waals surface area contributed by atoms with E-state index >= 15 is 0 Å². The second-order valence-corrected chi connectivity index (χ2v) is 4.61. The fraction of sp³-hybridized carbons (Fsp3) is 0.615. The Hall–Kier alpha value is -1.77. The highest BCUT2D eigenvalue weighted by molar-refractivity contribution is 6.72. The van der Waals surface area contributed by atoms with Crippen molar-refractivity contribution in [1.29, 1.82) is 5.26 Å². The number of nitriles is 1. The van der Waals surface area contributed by atoms with Crippen LogP contribution < -0.4 is 5.32 Å². The van der Waals surface area contributed by atoms with Gasteiger partial charge in [-0.15, -0.1) is 6.58 Å². The normalized spacial score (nSPS) is 19.4. The van der Waals surface area contributed by atoms with E-state index < -0.39 is 12.0 Å². The van der Waals surface area contributed by atoms with Gasteiger partial charge in [0.1, 0.15) is 6.04 Å². The molecule has 2 unspecified atom stereocenters. The molecule has 19 heavy (non-hydrogen) atoms. The van der Waals surface area contributed by atoms with Gasteiger partial charge in [0.05, 0.1) is 6.61 Å². The molecule has 0 saturated carbocycles. The number of amides is 1. The Balaban J connectivity index is 2.63. The van der Waals surface area contributed by atoms with Gasteiger partial charge in [-0.2, -0.15) is 0 Å². The zero-order chi connectivity index (χ0) is 14.3. The minimum absolute atomic E-state index is 0.232. The zero-order valence-corrected chi connectivity index (χ0v) is 11.2. The lowest BCUT2D eigenvalue weighted by Gasteiger charge is -2.18. The van der Waals surface area contributed by atoms with Crippen molar-refractivity contribution in [2.45, 2.75) is 44.4 Å². The van der Waals surface area contributed by atoms with E-state index in [1.807, 2.05) is 0 Å². The Morgan fingerprint density at radius 2 is 2.42 bits per heavy atom. The van der Waals surface area contributed by atoms with Crippen LogP contribution in [0.15, 0.2) is 12.7 Å². The molecule has 0 aromatic carbocycles. The van der Waals surface area contributed by atoms with Gasteiger partial charge in [-0.25, -0.2) is 10.1 Å². The number of nitrogens with zero attached hydrogens (tertiary/aromatic N) is 1. The smallest absolute Gasteiger partial charge is 0.328 e. The van der Waals surface area contributed by atoms with Crippen LogP contribution in [0.1, 0.15) is 26.2 Å². The lowest BCUT2D eigenvalue weighted by atomic mass is 9.44. The summed E-state index contributed by atoms with van der Waals surface area (Å²) < 4.78 is 4.91. The maximum absolute atomic E-state index is 12.1. The monoisotopic (exact) mass is 262 g/mol. The molecule has 1 saturated heterocycles. The second kappa shape index (κ2) is 7.62. The summed E-state index contributed by atoms with van der Waals surface area (Å²) in [6.07, 6.45) is 4.22.